The molecule has 2 N–H and O–H groups in total. The summed E-state index contributed by atoms with van der Waals surface area (Å²) in [4.78, 5) is 14.4. The maximum Gasteiger partial charge on any atom is 0.244 e. The highest BCUT2D eigenvalue weighted by molar-refractivity contribution is 5.83. The van der Waals surface area contributed by atoms with Crippen LogP contribution in [0.15, 0.2) is 30.3 Å². The molecule has 1 heterocycles. The van der Waals surface area contributed by atoms with Crippen LogP contribution in [-0.2, 0) is 4.79 Å². The lowest BCUT2D eigenvalue weighted by Gasteiger charge is -2.39. The molecular weight excluding hydrogens is 224 g/mol. The second kappa shape index (κ2) is 5.53. The van der Waals surface area contributed by atoms with Crippen molar-refractivity contribution in [2.24, 2.45) is 11.7 Å². The van der Waals surface area contributed by atoms with E-state index in [0.717, 1.165) is 18.5 Å². The molecule has 1 aromatic carbocycles. The highest BCUT2D eigenvalue weighted by atomic mass is 16.2. The fraction of sp³-hybridized carbons (Fsp3) is 0.533. The monoisotopic (exact) mass is 246 g/mol. The zero-order chi connectivity index (χ0) is 13.1. The highest BCUT2D eigenvalue weighted by Crippen LogP contribution is 2.25. The fourth-order valence-corrected chi connectivity index (χ4v) is 2.63. The minimum Gasteiger partial charge on any atom is -0.338 e. The number of piperidine rings is 1. The van der Waals surface area contributed by atoms with Crippen LogP contribution in [0.5, 0.6) is 0 Å². The van der Waals surface area contributed by atoms with E-state index in [1.807, 2.05) is 35.2 Å². The molecule has 1 saturated heterocycles. The summed E-state index contributed by atoms with van der Waals surface area (Å²) in [7, 11) is 0. The molecule has 3 nitrogen and oxygen atoms in total. The summed E-state index contributed by atoms with van der Waals surface area (Å²) >= 11 is 0. The van der Waals surface area contributed by atoms with Crippen molar-refractivity contribution in [3.05, 3.63) is 35.9 Å². The van der Waals surface area contributed by atoms with Crippen molar-refractivity contribution in [3.8, 4) is 0 Å². The van der Waals surface area contributed by atoms with E-state index in [-0.39, 0.29) is 5.91 Å². The molecule has 1 amide bonds. The maximum absolute atomic E-state index is 12.5. The molecule has 2 rings (SSSR count). The van der Waals surface area contributed by atoms with Crippen molar-refractivity contribution >= 4 is 5.91 Å². The normalized spacial score (nSPS) is 25.8. The largest absolute Gasteiger partial charge is 0.338 e. The van der Waals surface area contributed by atoms with Gasteiger partial charge in [-0.15, -0.1) is 0 Å². The second-order valence-electron chi connectivity index (χ2n) is 5.28. The van der Waals surface area contributed by atoms with Crippen LogP contribution < -0.4 is 5.73 Å². The second-order valence-corrected chi connectivity index (χ2v) is 5.28. The lowest BCUT2D eigenvalue weighted by Crippen LogP contribution is -2.49. The molecular formula is C15H22N2O. The van der Waals surface area contributed by atoms with Gasteiger partial charge >= 0.3 is 0 Å². The lowest BCUT2D eigenvalue weighted by molar-refractivity contribution is -0.137. The molecule has 2 unspecified atom stereocenters. The van der Waals surface area contributed by atoms with E-state index in [4.69, 9.17) is 5.73 Å². The van der Waals surface area contributed by atoms with Crippen molar-refractivity contribution in [3.63, 3.8) is 0 Å². The number of amides is 1. The first-order chi connectivity index (χ1) is 8.61. The Morgan fingerprint density at radius 2 is 2.00 bits per heavy atom. The molecule has 1 aromatic rings. The Hall–Kier alpha value is -1.35. The third-order valence-corrected chi connectivity index (χ3v) is 4.08. The van der Waals surface area contributed by atoms with Crippen LogP contribution in [-0.4, -0.2) is 23.4 Å². The first-order valence-electron chi connectivity index (χ1n) is 6.72. The van der Waals surface area contributed by atoms with E-state index >= 15 is 0 Å². The van der Waals surface area contributed by atoms with Gasteiger partial charge in [0, 0.05) is 12.6 Å². The van der Waals surface area contributed by atoms with Crippen molar-refractivity contribution in [1.29, 1.82) is 0 Å². The molecule has 1 aliphatic heterocycles. The summed E-state index contributed by atoms with van der Waals surface area (Å²) in [5.41, 5.74) is 6.98. The fourth-order valence-electron chi connectivity index (χ4n) is 2.63. The van der Waals surface area contributed by atoms with Crippen molar-refractivity contribution in [2.45, 2.75) is 38.8 Å². The van der Waals surface area contributed by atoms with E-state index in [1.165, 1.54) is 6.42 Å². The van der Waals surface area contributed by atoms with E-state index in [0.29, 0.717) is 12.0 Å². The van der Waals surface area contributed by atoms with Crippen molar-refractivity contribution in [2.75, 3.05) is 6.54 Å². The molecule has 0 aromatic heterocycles. The highest BCUT2D eigenvalue weighted by Gasteiger charge is 2.31. The smallest absolute Gasteiger partial charge is 0.244 e. The minimum atomic E-state index is -0.529. The third kappa shape index (κ3) is 2.56. The Morgan fingerprint density at radius 1 is 1.33 bits per heavy atom. The Labute approximate surface area is 109 Å². The molecule has 18 heavy (non-hydrogen) atoms. The number of rotatable bonds is 2. The van der Waals surface area contributed by atoms with E-state index in [1.54, 1.807) is 0 Å². The van der Waals surface area contributed by atoms with Gasteiger partial charge in [-0.25, -0.2) is 0 Å². The molecule has 3 heteroatoms. The topological polar surface area (TPSA) is 46.3 Å². The molecule has 1 aliphatic rings. The number of likely N-dealkylation sites (tertiary alicyclic amines) is 1. The number of nitrogens with two attached hydrogens (primary N) is 1. The van der Waals surface area contributed by atoms with Gasteiger partial charge in [0.05, 0.1) is 0 Å². The molecule has 98 valence electrons. The molecule has 0 saturated carbocycles. The standard InChI is InChI=1S/C15H22N2O/c1-11-7-6-10-17(12(11)2)15(18)14(16)13-8-4-3-5-9-13/h3-5,8-9,11-12,14H,6-7,10,16H2,1-2H3/t11?,12?,14-/m0/s1. The first kappa shape index (κ1) is 13.1. The molecule has 1 fully saturated rings. The Morgan fingerprint density at radius 3 is 2.67 bits per heavy atom. The van der Waals surface area contributed by atoms with Crippen molar-refractivity contribution < 1.29 is 4.79 Å². The van der Waals surface area contributed by atoms with Crippen LogP contribution in [0.4, 0.5) is 0 Å². The summed E-state index contributed by atoms with van der Waals surface area (Å²) in [6.07, 6.45) is 2.28. The number of benzene rings is 1. The number of hydrogen-bond acceptors (Lipinski definition) is 2. The molecule has 0 radical (unpaired) electrons. The van der Waals surface area contributed by atoms with Gasteiger partial charge in [0.15, 0.2) is 0 Å². The van der Waals surface area contributed by atoms with Crippen molar-refractivity contribution in [1.82, 2.24) is 4.90 Å². The van der Waals surface area contributed by atoms with Gasteiger partial charge in [0.25, 0.3) is 0 Å². The predicted molar refractivity (Wildman–Crippen MR) is 72.9 cm³/mol. The number of nitrogens with zero attached hydrogens (tertiary/aromatic N) is 1. The van der Waals surface area contributed by atoms with Gasteiger partial charge in [0.1, 0.15) is 6.04 Å². The zero-order valence-electron chi connectivity index (χ0n) is 11.2. The van der Waals surface area contributed by atoms with Crippen LogP contribution in [0.2, 0.25) is 0 Å². The van der Waals surface area contributed by atoms with Gasteiger partial charge in [-0.2, -0.15) is 0 Å². The maximum atomic E-state index is 12.5. The van der Waals surface area contributed by atoms with E-state index < -0.39 is 6.04 Å². The average Bonchev–Trinajstić information content (AvgIpc) is 2.41. The molecule has 3 atom stereocenters. The first-order valence-corrected chi connectivity index (χ1v) is 6.72. The van der Waals surface area contributed by atoms with E-state index in [9.17, 15) is 4.79 Å². The van der Waals surface area contributed by atoms with Gasteiger partial charge in [0.2, 0.25) is 5.91 Å². The Kier molecular flexibility index (Phi) is 4.02. The summed E-state index contributed by atoms with van der Waals surface area (Å²) < 4.78 is 0. The van der Waals surface area contributed by atoms with Gasteiger partial charge in [-0.1, -0.05) is 37.3 Å². The molecule has 0 spiro atoms. The van der Waals surface area contributed by atoms with Gasteiger partial charge < -0.3 is 10.6 Å². The lowest BCUT2D eigenvalue weighted by atomic mass is 9.91. The van der Waals surface area contributed by atoms with Crippen LogP contribution in [0.25, 0.3) is 0 Å². The number of carbonyl (C=O) groups is 1. The van der Waals surface area contributed by atoms with Crippen LogP contribution >= 0.6 is 0 Å². The molecule has 0 aliphatic carbocycles. The quantitative estimate of drug-likeness (QED) is 0.870. The Bertz CT molecular complexity index is 404. The minimum absolute atomic E-state index is 0.0558. The summed E-state index contributed by atoms with van der Waals surface area (Å²) in [6.45, 7) is 5.17. The SMILES string of the molecule is CC1CCCN(C(=O)[C@@H](N)c2ccccc2)C1C. The summed E-state index contributed by atoms with van der Waals surface area (Å²) in [5.74, 6) is 0.617. The van der Waals surface area contributed by atoms with E-state index in [2.05, 4.69) is 13.8 Å². The third-order valence-electron chi connectivity index (χ3n) is 4.08. The van der Waals surface area contributed by atoms with Gasteiger partial charge in [-0.05, 0) is 31.2 Å². The van der Waals surface area contributed by atoms with Gasteiger partial charge in [-0.3, -0.25) is 4.79 Å². The van der Waals surface area contributed by atoms with Crippen LogP contribution in [0.1, 0.15) is 38.3 Å². The van der Waals surface area contributed by atoms with Crippen LogP contribution in [0.3, 0.4) is 0 Å². The number of hydrogen-bond donors (Lipinski definition) is 1. The van der Waals surface area contributed by atoms with Crippen LogP contribution in [0, 0.1) is 5.92 Å². The molecule has 0 bridgehead atoms. The number of carbonyl (C=O) groups excluding carboxylic acids is 1. The average molecular weight is 246 g/mol. The summed E-state index contributed by atoms with van der Waals surface area (Å²) in [6, 6.07) is 9.38. The zero-order valence-corrected chi connectivity index (χ0v) is 11.2. The predicted octanol–water partition coefficient (Wildman–Crippen LogP) is 2.33. The Balaban J connectivity index is 2.11. The summed E-state index contributed by atoms with van der Waals surface area (Å²) in [5, 5.41) is 0.